The van der Waals surface area contributed by atoms with Gasteiger partial charge >= 0.3 is 6.09 Å². The minimum Gasteiger partial charge on any atom is -0.453 e. The lowest BCUT2D eigenvalue weighted by Gasteiger charge is -2.43. The number of amides is 1. The van der Waals surface area contributed by atoms with Crippen LogP contribution in [0.5, 0.6) is 0 Å². The van der Waals surface area contributed by atoms with Crippen LogP contribution in [-0.4, -0.2) is 41.0 Å². The Morgan fingerprint density at radius 2 is 2.12 bits per heavy atom. The van der Waals surface area contributed by atoms with Crippen LogP contribution >= 0.6 is 0 Å². The van der Waals surface area contributed by atoms with Crippen molar-refractivity contribution >= 4 is 11.9 Å². The fourth-order valence-corrected chi connectivity index (χ4v) is 2.07. The van der Waals surface area contributed by atoms with E-state index in [0.29, 0.717) is 6.42 Å². The Hall–Kier alpha value is -1.91. The van der Waals surface area contributed by atoms with Crippen LogP contribution in [0.4, 0.5) is 4.79 Å². The Kier molecular flexibility index (Phi) is 3.08. The molecule has 1 aliphatic heterocycles. The number of hydrogen-bond acceptors (Lipinski definition) is 4. The van der Waals surface area contributed by atoms with E-state index in [2.05, 4.69) is 9.72 Å². The van der Waals surface area contributed by atoms with Crippen LogP contribution in [0.1, 0.15) is 12.5 Å². The molecule has 0 spiro atoms. The van der Waals surface area contributed by atoms with Crippen molar-refractivity contribution in [3.63, 3.8) is 0 Å². The van der Waals surface area contributed by atoms with Gasteiger partial charge in [-0.2, -0.15) is 0 Å². The summed E-state index contributed by atoms with van der Waals surface area (Å²) in [5.41, 5.74) is 0.985. The molecular weight excluding hydrogens is 220 g/mol. The normalized spacial score (nSPS) is 23.2. The number of Topliss-reactive ketones (excluding diaryl/α,β-unsaturated/α-hetero) is 1. The molecule has 1 aromatic rings. The van der Waals surface area contributed by atoms with Crippen molar-refractivity contribution < 1.29 is 14.3 Å². The van der Waals surface area contributed by atoms with E-state index in [0.717, 1.165) is 5.56 Å². The van der Waals surface area contributed by atoms with E-state index < -0.39 is 12.1 Å². The van der Waals surface area contributed by atoms with Gasteiger partial charge in [0.1, 0.15) is 6.04 Å². The molecule has 2 atom stereocenters. The number of ketones is 1. The highest BCUT2D eigenvalue weighted by Gasteiger charge is 2.47. The molecule has 0 aromatic carbocycles. The van der Waals surface area contributed by atoms with Crippen LogP contribution in [0.2, 0.25) is 0 Å². The maximum Gasteiger partial charge on any atom is 0.410 e. The Labute approximate surface area is 99.4 Å². The summed E-state index contributed by atoms with van der Waals surface area (Å²) < 4.78 is 4.66. The molecule has 0 aliphatic carbocycles. The zero-order valence-electron chi connectivity index (χ0n) is 9.79. The summed E-state index contributed by atoms with van der Waals surface area (Å²) in [6, 6.07) is 2.89. The van der Waals surface area contributed by atoms with Gasteiger partial charge in [-0.3, -0.25) is 14.7 Å². The lowest BCUT2D eigenvalue weighted by atomic mass is 9.88. The summed E-state index contributed by atoms with van der Waals surface area (Å²) in [4.78, 5) is 28.6. The van der Waals surface area contributed by atoms with Crippen LogP contribution in [0.25, 0.3) is 0 Å². The highest BCUT2D eigenvalue weighted by atomic mass is 16.5. The predicted octanol–water partition coefficient (Wildman–Crippen LogP) is 1.03. The van der Waals surface area contributed by atoms with E-state index in [1.165, 1.54) is 12.0 Å². The second kappa shape index (κ2) is 4.53. The maximum absolute atomic E-state index is 11.7. The van der Waals surface area contributed by atoms with Gasteiger partial charge in [0, 0.05) is 18.8 Å². The number of likely N-dealkylation sites (tertiary alicyclic amines) is 1. The summed E-state index contributed by atoms with van der Waals surface area (Å²) in [6.07, 6.45) is 3.41. The van der Waals surface area contributed by atoms with Gasteiger partial charge in [-0.15, -0.1) is 0 Å². The third-order valence-corrected chi connectivity index (χ3v) is 3.06. The van der Waals surface area contributed by atoms with Gasteiger partial charge < -0.3 is 4.74 Å². The Morgan fingerprint density at radius 3 is 2.71 bits per heavy atom. The number of carbonyl (C=O) groups is 2. The van der Waals surface area contributed by atoms with Crippen molar-refractivity contribution in [3.8, 4) is 0 Å². The molecular formula is C12H14N2O3. The van der Waals surface area contributed by atoms with Crippen LogP contribution in [0, 0.1) is 0 Å². The second-order valence-electron chi connectivity index (χ2n) is 4.03. The lowest BCUT2D eigenvalue weighted by Crippen LogP contribution is -2.66. The van der Waals surface area contributed by atoms with Crippen molar-refractivity contribution in [2.24, 2.45) is 0 Å². The average Bonchev–Trinajstić information content (AvgIpc) is 2.38. The van der Waals surface area contributed by atoms with Gasteiger partial charge in [0.25, 0.3) is 0 Å². The van der Waals surface area contributed by atoms with E-state index in [4.69, 9.17) is 0 Å². The molecule has 1 fully saturated rings. The van der Waals surface area contributed by atoms with E-state index in [1.807, 2.05) is 12.1 Å². The summed E-state index contributed by atoms with van der Waals surface area (Å²) in [5.74, 6) is 0.0761. The number of methoxy groups -OCH3 is 1. The number of aromatic nitrogens is 1. The quantitative estimate of drug-likeness (QED) is 0.767. The fraction of sp³-hybridized carbons (Fsp3) is 0.417. The minimum atomic E-state index is -0.448. The van der Waals surface area contributed by atoms with Crippen LogP contribution in [-0.2, 0) is 16.0 Å². The zero-order chi connectivity index (χ0) is 12.4. The zero-order valence-corrected chi connectivity index (χ0v) is 9.79. The van der Waals surface area contributed by atoms with Gasteiger partial charge in [0.2, 0.25) is 0 Å². The Balaban J connectivity index is 2.10. The van der Waals surface area contributed by atoms with Crippen molar-refractivity contribution in [2.75, 3.05) is 7.11 Å². The average molecular weight is 234 g/mol. The Bertz CT molecular complexity index is 433. The summed E-state index contributed by atoms with van der Waals surface area (Å²) in [6.45, 7) is 1.71. The summed E-state index contributed by atoms with van der Waals surface area (Å²) >= 11 is 0. The number of hydrogen-bond donors (Lipinski definition) is 0. The van der Waals surface area contributed by atoms with Crippen molar-refractivity contribution in [3.05, 3.63) is 30.1 Å². The van der Waals surface area contributed by atoms with Gasteiger partial charge in [0.15, 0.2) is 5.78 Å². The molecule has 17 heavy (non-hydrogen) atoms. The molecule has 0 N–H and O–H groups in total. The standard InChI is InChI=1S/C12H14N2O3/c1-8-11(15)10(14(8)12(16)17-2)7-9-3-5-13-6-4-9/h3-6,8,10H,7H2,1-2H3/t8?,10-/m0/s1. The molecule has 1 amide bonds. The molecule has 2 heterocycles. The molecule has 5 nitrogen and oxygen atoms in total. The first kappa shape index (κ1) is 11.6. The van der Waals surface area contributed by atoms with Crippen molar-refractivity contribution in [2.45, 2.75) is 25.4 Å². The molecule has 90 valence electrons. The molecule has 5 heteroatoms. The first-order chi connectivity index (χ1) is 8.15. The van der Waals surface area contributed by atoms with E-state index in [-0.39, 0.29) is 11.8 Å². The predicted molar refractivity (Wildman–Crippen MR) is 60.4 cm³/mol. The molecule has 0 bridgehead atoms. The summed E-state index contributed by atoms with van der Waals surface area (Å²) in [7, 11) is 1.32. The molecule has 1 unspecified atom stereocenters. The lowest BCUT2D eigenvalue weighted by molar-refractivity contribution is -0.140. The van der Waals surface area contributed by atoms with Gasteiger partial charge in [-0.25, -0.2) is 4.79 Å². The summed E-state index contributed by atoms with van der Waals surface area (Å²) in [5, 5.41) is 0. The molecule has 0 radical (unpaired) electrons. The molecule has 0 saturated carbocycles. The number of carbonyl (C=O) groups excluding carboxylic acids is 2. The highest BCUT2D eigenvalue weighted by molar-refractivity contribution is 6.00. The van der Waals surface area contributed by atoms with Gasteiger partial charge in [0.05, 0.1) is 13.2 Å². The van der Waals surface area contributed by atoms with Crippen LogP contribution < -0.4 is 0 Å². The third kappa shape index (κ3) is 2.00. The number of rotatable bonds is 2. The molecule has 1 aliphatic rings. The molecule has 2 rings (SSSR count). The third-order valence-electron chi connectivity index (χ3n) is 3.06. The highest BCUT2D eigenvalue weighted by Crippen LogP contribution is 2.25. The first-order valence-electron chi connectivity index (χ1n) is 5.44. The monoisotopic (exact) mass is 234 g/mol. The number of pyridine rings is 1. The maximum atomic E-state index is 11.7. The number of nitrogens with zero attached hydrogens (tertiary/aromatic N) is 2. The minimum absolute atomic E-state index is 0.0761. The van der Waals surface area contributed by atoms with Gasteiger partial charge in [-0.1, -0.05) is 0 Å². The van der Waals surface area contributed by atoms with Crippen LogP contribution in [0.3, 0.4) is 0 Å². The number of ether oxygens (including phenoxy) is 1. The van der Waals surface area contributed by atoms with Crippen molar-refractivity contribution in [1.82, 2.24) is 9.88 Å². The first-order valence-corrected chi connectivity index (χ1v) is 5.44. The van der Waals surface area contributed by atoms with E-state index >= 15 is 0 Å². The smallest absolute Gasteiger partial charge is 0.410 e. The molecule has 1 saturated heterocycles. The van der Waals surface area contributed by atoms with Crippen molar-refractivity contribution in [1.29, 1.82) is 0 Å². The van der Waals surface area contributed by atoms with E-state index in [9.17, 15) is 9.59 Å². The SMILES string of the molecule is COC(=O)N1C(C)C(=O)[C@@H]1Cc1ccncc1. The fourth-order valence-electron chi connectivity index (χ4n) is 2.07. The second-order valence-corrected chi connectivity index (χ2v) is 4.03. The Morgan fingerprint density at radius 1 is 1.47 bits per heavy atom. The van der Waals surface area contributed by atoms with E-state index in [1.54, 1.807) is 19.3 Å². The van der Waals surface area contributed by atoms with Crippen LogP contribution in [0.15, 0.2) is 24.5 Å². The topological polar surface area (TPSA) is 59.5 Å². The largest absolute Gasteiger partial charge is 0.453 e. The van der Waals surface area contributed by atoms with Gasteiger partial charge in [-0.05, 0) is 24.6 Å². The molecule has 1 aromatic heterocycles.